The molecule has 4 aromatic rings. The number of phenols is 1. The van der Waals surface area contributed by atoms with E-state index in [0.29, 0.717) is 28.4 Å². The van der Waals surface area contributed by atoms with Crippen molar-refractivity contribution in [2.45, 2.75) is 36.5 Å². The molecule has 3 fully saturated rings. The number of amides is 4. The Kier molecular flexibility index (Phi) is 9.54. The summed E-state index contributed by atoms with van der Waals surface area (Å²) in [6.45, 7) is 0. The number of halogens is 9. The highest BCUT2D eigenvalue weighted by Crippen LogP contribution is 2.64. The molecule has 2 saturated heterocycles. The number of hydrogen-bond acceptors (Lipinski definition) is 7. The van der Waals surface area contributed by atoms with Crippen molar-refractivity contribution < 1.29 is 59.8 Å². The number of hydrazine groups is 1. The summed E-state index contributed by atoms with van der Waals surface area (Å²) in [6.07, 6.45) is -9.59. The van der Waals surface area contributed by atoms with E-state index in [2.05, 4.69) is 5.43 Å². The third-order valence-electron chi connectivity index (χ3n) is 11.7. The van der Waals surface area contributed by atoms with Crippen molar-refractivity contribution >= 4 is 58.2 Å². The van der Waals surface area contributed by atoms with E-state index >= 15 is 9.18 Å². The van der Waals surface area contributed by atoms with Crippen molar-refractivity contribution in [1.29, 1.82) is 0 Å². The fourth-order valence-corrected chi connectivity index (χ4v) is 9.69. The lowest BCUT2D eigenvalue weighted by Gasteiger charge is -2.50. The van der Waals surface area contributed by atoms with Gasteiger partial charge in [0.05, 0.1) is 57.8 Å². The van der Waals surface area contributed by atoms with Crippen LogP contribution in [0.25, 0.3) is 0 Å². The van der Waals surface area contributed by atoms with Crippen LogP contribution in [0.5, 0.6) is 11.5 Å². The Morgan fingerprint density at radius 3 is 2.07 bits per heavy atom. The number of anilines is 2. The standard InChI is InChI=1S/C41H28Cl2F7N3O6/c1-59-24-6-3-19(4-7-24)39-28(36(56)53(38(39)58)51-31-10-5-22(42)16-29(31)43)17-27-25(34(39)18-2-11-32(54)30(44)12-18)8-9-26-33(27)37(57)52(35(26)55)23-14-20(40(45,46)47)13-21(15-23)41(48,49)50/h2-8,10-16,26-28,33-34,51,54H,9,17H2,1H3. The Hall–Kier alpha value is -5.61. The maximum Gasteiger partial charge on any atom is 0.416 e. The van der Waals surface area contributed by atoms with Gasteiger partial charge in [0, 0.05) is 10.9 Å². The van der Waals surface area contributed by atoms with Crippen LogP contribution >= 0.6 is 23.2 Å². The average Bonchev–Trinajstić information content (AvgIpc) is 3.56. The lowest BCUT2D eigenvalue weighted by Crippen LogP contribution is -2.53. The van der Waals surface area contributed by atoms with Gasteiger partial charge in [0.25, 0.3) is 11.8 Å². The molecule has 59 heavy (non-hydrogen) atoms. The van der Waals surface area contributed by atoms with Crippen LogP contribution in [-0.4, -0.2) is 40.9 Å². The fourth-order valence-electron chi connectivity index (χ4n) is 9.24. The highest BCUT2D eigenvalue weighted by atomic mass is 35.5. The average molecular weight is 863 g/mol. The molecular weight excluding hydrogens is 834 g/mol. The van der Waals surface area contributed by atoms with Crippen molar-refractivity contribution in [1.82, 2.24) is 5.01 Å². The first-order valence-corrected chi connectivity index (χ1v) is 18.6. The molecule has 2 heterocycles. The number of fused-ring (bicyclic) bond motifs is 4. The minimum atomic E-state index is -5.28. The first-order chi connectivity index (χ1) is 27.8. The Morgan fingerprint density at radius 2 is 1.47 bits per heavy atom. The highest BCUT2D eigenvalue weighted by Gasteiger charge is 2.70. The van der Waals surface area contributed by atoms with Crippen LogP contribution in [0.3, 0.4) is 0 Å². The number of alkyl halides is 6. The molecule has 2 N–H and O–H groups in total. The van der Waals surface area contributed by atoms with E-state index in [1.165, 1.54) is 43.5 Å². The minimum absolute atomic E-state index is 0.0290. The van der Waals surface area contributed by atoms with Gasteiger partial charge in [-0.3, -0.25) is 24.6 Å². The summed E-state index contributed by atoms with van der Waals surface area (Å²) < 4.78 is 104. The largest absolute Gasteiger partial charge is 0.505 e. The molecule has 0 bridgehead atoms. The van der Waals surface area contributed by atoms with Gasteiger partial charge in [0.2, 0.25) is 11.8 Å². The number of imide groups is 2. The van der Waals surface area contributed by atoms with Crippen molar-refractivity contribution in [3.63, 3.8) is 0 Å². The summed E-state index contributed by atoms with van der Waals surface area (Å²) in [5.74, 6) is -11.8. The maximum atomic E-state index is 15.4. The van der Waals surface area contributed by atoms with E-state index in [1.54, 1.807) is 18.2 Å². The van der Waals surface area contributed by atoms with E-state index in [0.717, 1.165) is 17.1 Å². The molecule has 4 aromatic carbocycles. The number of ether oxygens (including phenoxy) is 1. The summed E-state index contributed by atoms with van der Waals surface area (Å²) in [4.78, 5) is 59.0. The maximum absolute atomic E-state index is 15.4. The van der Waals surface area contributed by atoms with Gasteiger partial charge in [-0.25, -0.2) is 9.29 Å². The summed E-state index contributed by atoms with van der Waals surface area (Å²) in [5.41, 5.74) is -2.85. The second-order valence-corrected chi connectivity index (χ2v) is 15.5. The van der Waals surface area contributed by atoms with Gasteiger partial charge in [0.15, 0.2) is 11.6 Å². The summed E-state index contributed by atoms with van der Waals surface area (Å²) in [5, 5.41) is 11.2. The van der Waals surface area contributed by atoms with E-state index in [4.69, 9.17) is 27.9 Å². The second-order valence-electron chi connectivity index (χ2n) is 14.7. The van der Waals surface area contributed by atoms with Crippen molar-refractivity contribution in [2.24, 2.45) is 23.7 Å². The van der Waals surface area contributed by atoms with Crippen LogP contribution < -0.4 is 15.1 Å². The van der Waals surface area contributed by atoms with E-state index < -0.39 is 99.4 Å². The number of allylic oxidation sites excluding steroid dienone is 2. The third-order valence-corrected chi connectivity index (χ3v) is 12.3. The molecule has 4 aliphatic rings. The van der Waals surface area contributed by atoms with Crippen LogP contribution in [0.15, 0.2) is 90.5 Å². The van der Waals surface area contributed by atoms with Gasteiger partial charge in [-0.15, -0.1) is 0 Å². The Balaban J connectivity index is 1.31. The van der Waals surface area contributed by atoms with Crippen LogP contribution in [0.4, 0.5) is 42.1 Å². The van der Waals surface area contributed by atoms with Crippen LogP contribution in [-0.2, 0) is 36.9 Å². The summed E-state index contributed by atoms with van der Waals surface area (Å²) in [7, 11) is 1.41. The molecule has 18 heteroatoms. The van der Waals surface area contributed by atoms with Crippen molar-refractivity contribution in [3.8, 4) is 11.5 Å². The number of aromatic hydroxyl groups is 1. The molecule has 4 amide bonds. The molecule has 2 aliphatic carbocycles. The van der Waals surface area contributed by atoms with E-state index in [-0.39, 0.29) is 45.8 Å². The number of nitrogens with one attached hydrogen (secondary N) is 1. The Labute approximate surface area is 339 Å². The summed E-state index contributed by atoms with van der Waals surface area (Å²) in [6, 6.07) is 14.2. The second kappa shape index (κ2) is 14.0. The lowest BCUT2D eigenvalue weighted by molar-refractivity contribution is -0.143. The first-order valence-electron chi connectivity index (χ1n) is 17.9. The number of carbonyl (C=O) groups excluding carboxylic acids is 4. The zero-order valence-electron chi connectivity index (χ0n) is 30.2. The normalized spacial score (nSPS) is 25.5. The molecule has 2 aliphatic heterocycles. The molecule has 9 nitrogen and oxygen atoms in total. The zero-order chi connectivity index (χ0) is 42.5. The van der Waals surface area contributed by atoms with Gasteiger partial charge in [0.1, 0.15) is 5.75 Å². The molecule has 0 aromatic heterocycles. The molecule has 0 radical (unpaired) electrons. The lowest BCUT2D eigenvalue weighted by atomic mass is 9.49. The van der Waals surface area contributed by atoms with Gasteiger partial charge in [-0.2, -0.15) is 31.4 Å². The number of rotatable bonds is 6. The topological polar surface area (TPSA) is 116 Å². The molecule has 1 saturated carbocycles. The quantitative estimate of drug-likeness (QED) is 0.113. The molecule has 8 rings (SSSR count). The molecule has 306 valence electrons. The molecular formula is C41H28Cl2F7N3O6. The molecule has 6 atom stereocenters. The van der Waals surface area contributed by atoms with E-state index in [1.807, 2.05) is 0 Å². The van der Waals surface area contributed by atoms with Crippen molar-refractivity contribution in [2.75, 3.05) is 17.4 Å². The Bertz CT molecular complexity index is 2460. The summed E-state index contributed by atoms with van der Waals surface area (Å²) >= 11 is 12.5. The van der Waals surface area contributed by atoms with Crippen LogP contribution in [0.1, 0.15) is 41.0 Å². The Morgan fingerprint density at radius 1 is 0.814 bits per heavy atom. The fraction of sp³-hybridized carbons (Fsp3) is 0.268. The first kappa shape index (κ1) is 40.2. The number of nitrogens with zero attached hydrogens (tertiary/aromatic N) is 2. The van der Waals surface area contributed by atoms with E-state index in [9.17, 15) is 45.8 Å². The SMILES string of the molecule is COc1ccc(C23C(=O)N(Nc4ccc(Cl)cc4Cl)C(=O)C2CC2C(=CCC4C(=O)N(c5cc(C(F)(F)F)cc(C(F)(F)F)c5)C(=O)C42)C3c2ccc(O)c(F)c2)cc1. The molecule has 6 unspecified atom stereocenters. The third kappa shape index (κ3) is 6.29. The van der Waals surface area contributed by atoms with Crippen LogP contribution in [0, 0.1) is 29.5 Å². The van der Waals surface area contributed by atoms with Gasteiger partial charge in [-0.05, 0) is 90.6 Å². The highest BCUT2D eigenvalue weighted by molar-refractivity contribution is 6.36. The van der Waals surface area contributed by atoms with Crippen molar-refractivity contribution in [3.05, 3.63) is 129 Å². The number of benzene rings is 4. The predicted octanol–water partition coefficient (Wildman–Crippen LogP) is 9.07. The number of methoxy groups -OCH3 is 1. The van der Waals surface area contributed by atoms with Crippen LogP contribution in [0.2, 0.25) is 10.0 Å². The van der Waals surface area contributed by atoms with Gasteiger partial charge < -0.3 is 9.84 Å². The minimum Gasteiger partial charge on any atom is -0.505 e. The number of carbonyl (C=O) groups is 4. The zero-order valence-corrected chi connectivity index (χ0v) is 31.7. The number of hydrogen-bond donors (Lipinski definition) is 2. The van der Waals surface area contributed by atoms with Gasteiger partial charge in [-0.1, -0.05) is 53.1 Å². The molecule has 0 spiro atoms. The number of phenolic OH excluding ortho intramolecular Hbond substituents is 1. The predicted molar refractivity (Wildman–Crippen MR) is 198 cm³/mol. The van der Waals surface area contributed by atoms with Gasteiger partial charge >= 0.3 is 12.4 Å². The monoisotopic (exact) mass is 861 g/mol. The smallest absolute Gasteiger partial charge is 0.416 e.